The summed E-state index contributed by atoms with van der Waals surface area (Å²) in [5.74, 6) is 0. The first kappa shape index (κ1) is 15.7. The highest BCUT2D eigenvalue weighted by Gasteiger charge is 2.14. The van der Waals surface area contributed by atoms with Crippen LogP contribution in [0.5, 0.6) is 0 Å². The summed E-state index contributed by atoms with van der Waals surface area (Å²) in [5, 5.41) is 6.20. The quantitative estimate of drug-likeness (QED) is 0.547. The zero-order valence-corrected chi connectivity index (χ0v) is 14.9. The van der Waals surface area contributed by atoms with Crippen LogP contribution in [0.15, 0.2) is 59.5 Å². The summed E-state index contributed by atoms with van der Waals surface area (Å²) >= 11 is 1.64. The molecule has 0 spiro atoms. The Bertz CT molecular complexity index is 1110. The number of thiophene rings is 1. The summed E-state index contributed by atoms with van der Waals surface area (Å²) in [6.07, 6.45) is 1.87. The van der Waals surface area contributed by atoms with Crippen LogP contribution in [0.4, 0.5) is 0 Å². The zero-order chi connectivity index (χ0) is 17.4. The van der Waals surface area contributed by atoms with Crippen molar-refractivity contribution in [2.24, 2.45) is 0 Å². The predicted molar refractivity (Wildman–Crippen MR) is 103 cm³/mol. The number of nitrogens with zero attached hydrogens (tertiary/aromatic N) is 3. The fourth-order valence-electron chi connectivity index (χ4n) is 2.85. The lowest BCUT2D eigenvalue weighted by Gasteiger charge is -2.08. The summed E-state index contributed by atoms with van der Waals surface area (Å²) < 4.78 is 1.53. The maximum absolute atomic E-state index is 12.5. The third-order valence-electron chi connectivity index (χ3n) is 4.17. The highest BCUT2D eigenvalue weighted by atomic mass is 32.1. The molecule has 0 radical (unpaired) electrons. The van der Waals surface area contributed by atoms with E-state index in [9.17, 15) is 4.79 Å². The van der Waals surface area contributed by atoms with Gasteiger partial charge in [0.25, 0.3) is 5.56 Å². The third kappa shape index (κ3) is 2.76. The standard InChI is InChI=1S/C20H17N3OS/c1-3-23-20(24)15-7-5-4-6-14(15)19(22-23)18-11-10-17(25-18)16-9-8-13(2)12-21-16/h4-12H,3H2,1-2H3. The van der Waals surface area contributed by atoms with E-state index in [1.807, 2.05) is 50.4 Å². The molecule has 5 heteroatoms. The van der Waals surface area contributed by atoms with Gasteiger partial charge >= 0.3 is 0 Å². The number of fused-ring (bicyclic) bond motifs is 1. The molecule has 25 heavy (non-hydrogen) atoms. The van der Waals surface area contributed by atoms with Crippen LogP contribution < -0.4 is 5.56 Å². The van der Waals surface area contributed by atoms with Crippen LogP contribution in [0.2, 0.25) is 0 Å². The van der Waals surface area contributed by atoms with Gasteiger partial charge in [-0.2, -0.15) is 5.10 Å². The second kappa shape index (κ2) is 6.26. The lowest BCUT2D eigenvalue weighted by atomic mass is 10.1. The zero-order valence-electron chi connectivity index (χ0n) is 14.1. The van der Waals surface area contributed by atoms with Gasteiger partial charge in [0.2, 0.25) is 0 Å². The van der Waals surface area contributed by atoms with Crippen molar-refractivity contribution in [3.05, 3.63) is 70.6 Å². The topological polar surface area (TPSA) is 47.8 Å². The Labute approximate surface area is 149 Å². The molecule has 0 unspecified atom stereocenters. The molecular weight excluding hydrogens is 330 g/mol. The molecule has 3 aromatic heterocycles. The van der Waals surface area contributed by atoms with Gasteiger partial charge in [-0.05, 0) is 43.7 Å². The van der Waals surface area contributed by atoms with Crippen molar-refractivity contribution in [1.82, 2.24) is 14.8 Å². The molecule has 4 rings (SSSR count). The van der Waals surface area contributed by atoms with Crippen LogP contribution in [-0.2, 0) is 6.54 Å². The average Bonchev–Trinajstić information content (AvgIpc) is 3.13. The molecule has 3 heterocycles. The molecule has 4 nitrogen and oxygen atoms in total. The molecule has 0 aliphatic rings. The first-order valence-electron chi connectivity index (χ1n) is 8.20. The number of hydrogen-bond donors (Lipinski definition) is 0. The van der Waals surface area contributed by atoms with E-state index in [4.69, 9.17) is 0 Å². The second-order valence-corrected chi connectivity index (χ2v) is 6.98. The van der Waals surface area contributed by atoms with E-state index in [-0.39, 0.29) is 5.56 Å². The summed E-state index contributed by atoms with van der Waals surface area (Å²) in [7, 11) is 0. The monoisotopic (exact) mass is 347 g/mol. The first-order valence-corrected chi connectivity index (χ1v) is 9.02. The molecule has 124 valence electrons. The fourth-order valence-corrected chi connectivity index (χ4v) is 3.83. The largest absolute Gasteiger partial charge is 0.274 e. The Hall–Kier alpha value is -2.79. The SMILES string of the molecule is CCn1nc(-c2ccc(-c3ccc(C)cn3)s2)c2ccccc2c1=O. The Kier molecular flexibility index (Phi) is 3.93. The molecular formula is C20H17N3OS. The maximum Gasteiger partial charge on any atom is 0.274 e. The van der Waals surface area contributed by atoms with Crippen molar-refractivity contribution in [3.8, 4) is 21.1 Å². The van der Waals surface area contributed by atoms with E-state index in [0.717, 1.165) is 32.1 Å². The molecule has 0 fully saturated rings. The molecule has 4 aromatic rings. The molecule has 1 aromatic carbocycles. The van der Waals surface area contributed by atoms with Crippen LogP contribution in [0.3, 0.4) is 0 Å². The van der Waals surface area contributed by atoms with Gasteiger partial charge in [0, 0.05) is 18.1 Å². The smallest absolute Gasteiger partial charge is 0.267 e. The summed E-state index contributed by atoms with van der Waals surface area (Å²) in [6, 6.07) is 15.9. The van der Waals surface area contributed by atoms with Gasteiger partial charge < -0.3 is 0 Å². The van der Waals surface area contributed by atoms with E-state index in [1.54, 1.807) is 11.3 Å². The van der Waals surface area contributed by atoms with Crippen LogP contribution in [0.25, 0.3) is 31.9 Å². The molecule has 0 saturated carbocycles. The number of aryl methyl sites for hydroxylation is 2. The minimum absolute atomic E-state index is 0.0427. The Balaban J connectivity index is 1.89. The van der Waals surface area contributed by atoms with Crippen molar-refractivity contribution < 1.29 is 0 Å². The van der Waals surface area contributed by atoms with Crippen molar-refractivity contribution in [1.29, 1.82) is 0 Å². The number of hydrogen-bond acceptors (Lipinski definition) is 4. The van der Waals surface area contributed by atoms with Crippen LogP contribution in [0.1, 0.15) is 12.5 Å². The van der Waals surface area contributed by atoms with E-state index < -0.39 is 0 Å². The fraction of sp³-hybridized carbons (Fsp3) is 0.150. The first-order chi connectivity index (χ1) is 12.2. The van der Waals surface area contributed by atoms with Gasteiger partial charge in [-0.3, -0.25) is 9.78 Å². The maximum atomic E-state index is 12.5. The molecule has 0 N–H and O–H groups in total. The lowest BCUT2D eigenvalue weighted by molar-refractivity contribution is 0.627. The van der Waals surface area contributed by atoms with Gasteiger partial charge in [-0.15, -0.1) is 11.3 Å². The number of aromatic nitrogens is 3. The predicted octanol–water partition coefficient (Wildman–Crippen LogP) is 4.52. The van der Waals surface area contributed by atoms with Gasteiger partial charge in [0.1, 0.15) is 5.69 Å². The number of benzene rings is 1. The van der Waals surface area contributed by atoms with Crippen LogP contribution in [-0.4, -0.2) is 14.8 Å². The summed E-state index contributed by atoms with van der Waals surface area (Å²) in [5.41, 5.74) is 2.90. The third-order valence-corrected chi connectivity index (χ3v) is 5.28. The molecule has 0 saturated heterocycles. The molecule has 0 bridgehead atoms. The van der Waals surface area contributed by atoms with Crippen molar-refractivity contribution in [3.63, 3.8) is 0 Å². The Morgan fingerprint density at radius 3 is 2.48 bits per heavy atom. The Morgan fingerprint density at radius 2 is 1.76 bits per heavy atom. The molecule has 0 amide bonds. The van der Waals surface area contributed by atoms with E-state index in [2.05, 4.69) is 28.3 Å². The Morgan fingerprint density at radius 1 is 1.00 bits per heavy atom. The minimum atomic E-state index is -0.0427. The van der Waals surface area contributed by atoms with Crippen LogP contribution in [0, 0.1) is 6.92 Å². The normalized spacial score (nSPS) is 11.1. The van der Waals surface area contributed by atoms with Gasteiger partial charge in [0.15, 0.2) is 0 Å². The average molecular weight is 347 g/mol. The minimum Gasteiger partial charge on any atom is -0.267 e. The highest BCUT2D eigenvalue weighted by Crippen LogP contribution is 2.35. The van der Waals surface area contributed by atoms with E-state index in [1.165, 1.54) is 4.68 Å². The molecule has 0 aliphatic heterocycles. The number of rotatable bonds is 3. The van der Waals surface area contributed by atoms with E-state index in [0.29, 0.717) is 11.9 Å². The van der Waals surface area contributed by atoms with Gasteiger partial charge in [0.05, 0.1) is 20.8 Å². The molecule has 0 atom stereocenters. The second-order valence-electron chi connectivity index (χ2n) is 5.90. The summed E-state index contributed by atoms with van der Waals surface area (Å²) in [6.45, 7) is 4.51. The molecule has 0 aliphatic carbocycles. The summed E-state index contributed by atoms with van der Waals surface area (Å²) in [4.78, 5) is 19.1. The van der Waals surface area contributed by atoms with E-state index >= 15 is 0 Å². The van der Waals surface area contributed by atoms with Crippen molar-refractivity contribution in [2.75, 3.05) is 0 Å². The van der Waals surface area contributed by atoms with Crippen LogP contribution >= 0.6 is 11.3 Å². The number of pyridine rings is 1. The van der Waals surface area contributed by atoms with Gasteiger partial charge in [-0.25, -0.2) is 4.68 Å². The lowest BCUT2D eigenvalue weighted by Crippen LogP contribution is -2.22. The van der Waals surface area contributed by atoms with Crippen molar-refractivity contribution in [2.45, 2.75) is 20.4 Å². The van der Waals surface area contributed by atoms with Gasteiger partial charge in [-0.1, -0.05) is 24.3 Å². The van der Waals surface area contributed by atoms with Crippen molar-refractivity contribution >= 4 is 22.1 Å². The highest BCUT2D eigenvalue weighted by molar-refractivity contribution is 7.18.